The Hall–Kier alpha value is -1.47. The topological polar surface area (TPSA) is 86.6 Å². The zero-order valence-corrected chi connectivity index (χ0v) is 7.55. The maximum Gasteiger partial charge on any atom is 0.338 e. The van der Waals surface area contributed by atoms with Crippen molar-refractivity contribution in [3.63, 3.8) is 0 Å². The lowest BCUT2D eigenvalue weighted by molar-refractivity contribution is 0.0692. The van der Waals surface area contributed by atoms with Gasteiger partial charge >= 0.3 is 5.97 Å². The second kappa shape index (κ2) is 4.16. The van der Waals surface area contributed by atoms with Crippen molar-refractivity contribution in [1.82, 2.24) is 0 Å². The molecule has 0 spiro atoms. The number of halogens is 1. The van der Waals surface area contributed by atoms with Crippen molar-refractivity contribution in [1.29, 1.82) is 0 Å². The van der Waals surface area contributed by atoms with Crippen molar-refractivity contribution in [3.05, 3.63) is 29.6 Å². The van der Waals surface area contributed by atoms with E-state index in [4.69, 9.17) is 9.66 Å². The number of hydrogen-bond acceptors (Lipinski definition) is 2. The molecule has 0 fully saturated rings. The zero-order chi connectivity index (χ0) is 10.7. The number of benzene rings is 1. The van der Waals surface area contributed by atoms with Crippen molar-refractivity contribution in [2.75, 3.05) is 4.72 Å². The minimum atomic E-state index is -2.31. The molecule has 0 saturated carbocycles. The van der Waals surface area contributed by atoms with Crippen LogP contribution in [0.4, 0.5) is 10.1 Å². The van der Waals surface area contributed by atoms with E-state index < -0.39 is 28.6 Å². The van der Waals surface area contributed by atoms with Gasteiger partial charge < -0.3 is 5.11 Å². The van der Waals surface area contributed by atoms with Crippen LogP contribution in [-0.2, 0) is 11.3 Å². The molecule has 1 unspecified atom stereocenters. The lowest BCUT2D eigenvalue weighted by atomic mass is 10.2. The molecule has 0 bridgehead atoms. The number of carboxylic acid groups (broad SMARTS) is 1. The van der Waals surface area contributed by atoms with Crippen molar-refractivity contribution in [2.24, 2.45) is 0 Å². The highest BCUT2D eigenvalue weighted by Gasteiger charge is 2.10. The van der Waals surface area contributed by atoms with E-state index in [1.165, 1.54) is 0 Å². The first-order valence-corrected chi connectivity index (χ1v) is 4.51. The third-order valence-corrected chi connectivity index (χ3v) is 1.81. The second-order valence-corrected chi connectivity index (χ2v) is 3.05. The van der Waals surface area contributed by atoms with Gasteiger partial charge in [-0.2, -0.15) is 0 Å². The minimum Gasteiger partial charge on any atom is -0.478 e. The average molecular weight is 219 g/mol. The molecule has 5 nitrogen and oxygen atoms in total. The summed E-state index contributed by atoms with van der Waals surface area (Å²) in [6, 6.07) is 3.00. The largest absolute Gasteiger partial charge is 0.478 e. The van der Waals surface area contributed by atoms with E-state index >= 15 is 0 Å². The molecule has 0 saturated heterocycles. The summed E-state index contributed by atoms with van der Waals surface area (Å²) in [5.74, 6) is -2.33. The molecule has 0 aromatic heterocycles. The number of carbonyl (C=O) groups is 1. The molecule has 0 aliphatic carbocycles. The molecule has 1 rings (SSSR count). The van der Waals surface area contributed by atoms with E-state index in [0.29, 0.717) is 0 Å². The Balaban J connectivity index is 3.06. The summed E-state index contributed by atoms with van der Waals surface area (Å²) in [5, 5.41) is 8.52. The van der Waals surface area contributed by atoms with E-state index in [1.807, 2.05) is 4.72 Å². The number of hydrogen-bond donors (Lipinski definition) is 3. The van der Waals surface area contributed by atoms with Crippen LogP contribution in [0.15, 0.2) is 18.2 Å². The van der Waals surface area contributed by atoms with Crippen LogP contribution in [0.1, 0.15) is 10.4 Å². The van der Waals surface area contributed by atoms with Gasteiger partial charge in [0.1, 0.15) is 5.82 Å². The Labute approximate surface area is 81.0 Å². The van der Waals surface area contributed by atoms with E-state index in [9.17, 15) is 13.4 Å². The fourth-order valence-electron chi connectivity index (χ4n) is 0.853. The summed E-state index contributed by atoms with van der Waals surface area (Å²) in [5.41, 5.74) is -0.495. The third kappa shape index (κ3) is 2.51. The number of rotatable bonds is 3. The Kier molecular flexibility index (Phi) is 3.15. The predicted molar refractivity (Wildman–Crippen MR) is 47.8 cm³/mol. The second-order valence-electron chi connectivity index (χ2n) is 2.35. The normalized spacial score (nSPS) is 12.1. The number of nitrogens with one attached hydrogen (secondary N) is 1. The van der Waals surface area contributed by atoms with Crippen LogP contribution in [0.25, 0.3) is 0 Å². The molecule has 1 atom stereocenters. The molecule has 0 heterocycles. The summed E-state index contributed by atoms with van der Waals surface area (Å²) in [4.78, 5) is 10.5. The Bertz CT molecular complexity index is 395. The molecule has 1 aromatic carbocycles. The van der Waals surface area contributed by atoms with Gasteiger partial charge in [0.25, 0.3) is 11.3 Å². The first-order chi connectivity index (χ1) is 6.50. The van der Waals surface area contributed by atoms with Crippen LogP contribution in [0.5, 0.6) is 0 Å². The fraction of sp³-hybridized carbons (Fsp3) is 0. The van der Waals surface area contributed by atoms with Gasteiger partial charge in [-0.1, -0.05) is 0 Å². The maximum absolute atomic E-state index is 12.8. The highest BCUT2D eigenvalue weighted by molar-refractivity contribution is 7.80. The van der Waals surface area contributed by atoms with Crippen molar-refractivity contribution < 1.29 is 23.1 Å². The van der Waals surface area contributed by atoms with E-state index in [0.717, 1.165) is 18.2 Å². The fourth-order valence-corrected chi connectivity index (χ4v) is 1.18. The molecule has 0 aliphatic heterocycles. The molecule has 3 N–H and O–H groups in total. The minimum absolute atomic E-state index is 0.0598. The summed E-state index contributed by atoms with van der Waals surface area (Å²) in [6.07, 6.45) is 0. The van der Waals surface area contributed by atoms with E-state index in [1.54, 1.807) is 0 Å². The Morgan fingerprint density at radius 3 is 2.64 bits per heavy atom. The summed E-state index contributed by atoms with van der Waals surface area (Å²) in [7, 11) is 0. The first-order valence-electron chi connectivity index (χ1n) is 3.41. The van der Waals surface area contributed by atoms with Gasteiger partial charge in [0.2, 0.25) is 0 Å². The molecule has 76 valence electrons. The monoisotopic (exact) mass is 219 g/mol. The lowest BCUT2D eigenvalue weighted by Gasteiger charge is -2.02. The van der Waals surface area contributed by atoms with Gasteiger partial charge in [-0.05, 0) is 18.2 Å². The summed E-state index contributed by atoms with van der Waals surface area (Å²) >= 11 is -2.31. The van der Waals surface area contributed by atoms with Gasteiger partial charge in [-0.3, -0.25) is 9.27 Å². The van der Waals surface area contributed by atoms with Gasteiger partial charge in [0, 0.05) is 5.69 Å². The standard InChI is InChI=1S/C7H6FNO4S/c8-6-2-1-4(9-14(12)13)3-5(6)7(10)11/h1-3,9H,(H,10,11)(H,12,13). The smallest absolute Gasteiger partial charge is 0.338 e. The highest BCUT2D eigenvalue weighted by atomic mass is 32.2. The van der Waals surface area contributed by atoms with Gasteiger partial charge in [0.15, 0.2) is 0 Å². The summed E-state index contributed by atoms with van der Waals surface area (Å²) < 4.78 is 33.6. The first kappa shape index (κ1) is 10.6. The van der Waals surface area contributed by atoms with Gasteiger partial charge in [-0.25, -0.2) is 13.4 Å². The number of aromatic carboxylic acids is 1. The SMILES string of the molecule is O=C(O)c1cc(NS(=O)O)ccc1F. The maximum atomic E-state index is 12.8. The average Bonchev–Trinajstić information content (AvgIpc) is 2.07. The molecule has 0 radical (unpaired) electrons. The third-order valence-electron chi connectivity index (χ3n) is 1.40. The molecule has 0 aliphatic rings. The van der Waals surface area contributed by atoms with Crippen LogP contribution < -0.4 is 4.72 Å². The molecule has 0 amide bonds. The molecular weight excluding hydrogens is 213 g/mol. The zero-order valence-electron chi connectivity index (χ0n) is 6.73. The van der Waals surface area contributed by atoms with E-state index in [2.05, 4.69) is 0 Å². The van der Waals surface area contributed by atoms with Crippen LogP contribution >= 0.6 is 0 Å². The molecular formula is C7H6FNO4S. The molecule has 7 heteroatoms. The van der Waals surface area contributed by atoms with Gasteiger partial charge in [-0.15, -0.1) is 0 Å². The Morgan fingerprint density at radius 1 is 1.50 bits per heavy atom. The molecule has 14 heavy (non-hydrogen) atoms. The predicted octanol–water partition coefficient (Wildman–Crippen LogP) is 1.07. The summed E-state index contributed by atoms with van der Waals surface area (Å²) in [6.45, 7) is 0. The lowest BCUT2D eigenvalue weighted by Crippen LogP contribution is -2.05. The highest BCUT2D eigenvalue weighted by Crippen LogP contribution is 2.14. The van der Waals surface area contributed by atoms with Gasteiger partial charge in [0.05, 0.1) is 5.56 Å². The molecule has 1 aromatic rings. The van der Waals surface area contributed by atoms with E-state index in [-0.39, 0.29) is 5.69 Å². The van der Waals surface area contributed by atoms with Crippen molar-refractivity contribution in [3.8, 4) is 0 Å². The quantitative estimate of drug-likeness (QED) is 0.664. The van der Waals surface area contributed by atoms with Crippen LogP contribution in [0, 0.1) is 5.82 Å². The number of anilines is 1. The van der Waals surface area contributed by atoms with Crippen molar-refractivity contribution in [2.45, 2.75) is 0 Å². The number of carboxylic acids is 1. The van der Waals surface area contributed by atoms with Crippen LogP contribution in [-0.4, -0.2) is 19.8 Å². The van der Waals surface area contributed by atoms with Crippen LogP contribution in [0.2, 0.25) is 0 Å². The Morgan fingerprint density at radius 2 is 2.14 bits per heavy atom. The van der Waals surface area contributed by atoms with Crippen LogP contribution in [0.3, 0.4) is 0 Å². The van der Waals surface area contributed by atoms with Crippen molar-refractivity contribution >= 4 is 22.9 Å².